The summed E-state index contributed by atoms with van der Waals surface area (Å²) in [6, 6.07) is 6.43. The molecule has 2 aliphatic rings. The summed E-state index contributed by atoms with van der Waals surface area (Å²) in [4.78, 5) is 28.0. The molecule has 3 rings (SSSR count). The summed E-state index contributed by atoms with van der Waals surface area (Å²) in [6.07, 6.45) is 2.82. The molecule has 1 aromatic rings. The number of anilines is 2. The first kappa shape index (κ1) is 13.0. The number of nitrogens with two attached hydrogens (primary N) is 1. The highest BCUT2D eigenvalue weighted by molar-refractivity contribution is 6.21. The number of nitrogen functional groups attached to an aromatic ring is 1. The molecule has 2 fully saturated rings. The lowest BCUT2D eigenvalue weighted by Crippen LogP contribution is -2.42. The fourth-order valence-corrected chi connectivity index (χ4v) is 3.15. The van der Waals surface area contributed by atoms with Crippen molar-refractivity contribution in [1.82, 2.24) is 4.90 Å². The molecule has 0 spiro atoms. The number of hydrogen-bond donors (Lipinski definition) is 1. The van der Waals surface area contributed by atoms with E-state index in [2.05, 4.69) is 6.92 Å². The van der Waals surface area contributed by atoms with Crippen LogP contribution < -0.4 is 10.6 Å². The van der Waals surface area contributed by atoms with Crippen LogP contribution in [0.4, 0.5) is 16.2 Å². The number of hydrogen-bond acceptors (Lipinski definition) is 3. The molecule has 0 aromatic heterocycles. The summed E-state index contributed by atoms with van der Waals surface area (Å²) >= 11 is 0. The minimum absolute atomic E-state index is 0.112. The van der Waals surface area contributed by atoms with E-state index in [4.69, 9.17) is 5.73 Å². The Hall–Kier alpha value is -2.04. The smallest absolute Gasteiger partial charge is 0.332 e. The highest BCUT2D eigenvalue weighted by atomic mass is 16.2. The lowest BCUT2D eigenvalue weighted by Gasteiger charge is -2.31. The summed E-state index contributed by atoms with van der Waals surface area (Å²) in [5, 5.41) is 0. The number of rotatable bonds is 2. The first-order chi connectivity index (χ1) is 9.61. The van der Waals surface area contributed by atoms with Crippen molar-refractivity contribution in [2.24, 2.45) is 5.92 Å². The van der Waals surface area contributed by atoms with E-state index in [1.54, 1.807) is 29.2 Å². The molecule has 2 heterocycles. The lowest BCUT2D eigenvalue weighted by atomic mass is 9.89. The average molecular weight is 273 g/mol. The van der Waals surface area contributed by atoms with Gasteiger partial charge in [0.1, 0.15) is 6.04 Å². The number of amides is 3. The standard InChI is InChI=1S/C15H19N3O2/c1-2-10-6-7-17-13(8-10)14(19)18(15(17)20)12-5-3-4-11(16)9-12/h3-5,9-10,13H,2,6-8,16H2,1H3. The third kappa shape index (κ3) is 1.94. The van der Waals surface area contributed by atoms with Crippen molar-refractivity contribution in [3.05, 3.63) is 24.3 Å². The van der Waals surface area contributed by atoms with Crippen molar-refractivity contribution in [2.45, 2.75) is 32.2 Å². The third-order valence-corrected chi connectivity index (χ3v) is 4.36. The predicted octanol–water partition coefficient (Wildman–Crippen LogP) is 2.23. The van der Waals surface area contributed by atoms with Crippen LogP contribution in [0.3, 0.4) is 0 Å². The maximum Gasteiger partial charge on any atom is 0.332 e. The summed E-state index contributed by atoms with van der Waals surface area (Å²) in [5.74, 6) is 0.424. The molecule has 2 N–H and O–H groups in total. The van der Waals surface area contributed by atoms with Crippen LogP contribution in [0.2, 0.25) is 0 Å². The van der Waals surface area contributed by atoms with E-state index in [-0.39, 0.29) is 18.0 Å². The van der Waals surface area contributed by atoms with Gasteiger partial charge in [-0.05, 0) is 37.0 Å². The van der Waals surface area contributed by atoms with E-state index < -0.39 is 0 Å². The van der Waals surface area contributed by atoms with Crippen LogP contribution in [0.15, 0.2) is 24.3 Å². The maximum absolute atomic E-state index is 12.5. The van der Waals surface area contributed by atoms with Gasteiger partial charge in [-0.15, -0.1) is 0 Å². The number of carbonyl (C=O) groups excluding carboxylic acids is 2. The molecule has 2 atom stereocenters. The second-order valence-corrected chi connectivity index (χ2v) is 5.56. The van der Waals surface area contributed by atoms with Crippen LogP contribution in [0.1, 0.15) is 26.2 Å². The molecule has 2 saturated heterocycles. The second-order valence-electron chi connectivity index (χ2n) is 5.56. The Balaban J connectivity index is 1.91. The monoisotopic (exact) mass is 273 g/mol. The van der Waals surface area contributed by atoms with E-state index in [9.17, 15) is 9.59 Å². The zero-order valence-corrected chi connectivity index (χ0v) is 11.6. The number of piperidine rings is 1. The van der Waals surface area contributed by atoms with Crippen LogP contribution in [0.5, 0.6) is 0 Å². The number of benzene rings is 1. The Kier molecular flexibility index (Phi) is 3.12. The Labute approximate surface area is 118 Å². The van der Waals surface area contributed by atoms with Crippen molar-refractivity contribution in [2.75, 3.05) is 17.2 Å². The fourth-order valence-electron chi connectivity index (χ4n) is 3.15. The number of carbonyl (C=O) groups is 2. The zero-order valence-electron chi connectivity index (χ0n) is 11.6. The summed E-state index contributed by atoms with van der Waals surface area (Å²) in [6.45, 7) is 2.81. The van der Waals surface area contributed by atoms with E-state index in [1.807, 2.05) is 0 Å². The van der Waals surface area contributed by atoms with Crippen LogP contribution >= 0.6 is 0 Å². The highest BCUT2D eigenvalue weighted by Crippen LogP contribution is 2.34. The van der Waals surface area contributed by atoms with Gasteiger partial charge < -0.3 is 10.6 Å². The Bertz CT molecular complexity index is 558. The van der Waals surface area contributed by atoms with Crippen molar-refractivity contribution in [3.8, 4) is 0 Å². The van der Waals surface area contributed by atoms with Crippen molar-refractivity contribution in [1.29, 1.82) is 0 Å². The first-order valence-electron chi connectivity index (χ1n) is 7.12. The minimum atomic E-state index is -0.289. The second kappa shape index (κ2) is 4.81. The largest absolute Gasteiger partial charge is 0.399 e. The SMILES string of the molecule is CCC1CCN2C(=O)N(c3cccc(N)c3)C(=O)C2C1. The number of nitrogens with zero attached hydrogens (tertiary/aromatic N) is 2. The lowest BCUT2D eigenvalue weighted by molar-refractivity contribution is -0.120. The molecule has 1 aromatic carbocycles. The predicted molar refractivity (Wildman–Crippen MR) is 77.2 cm³/mol. The van der Waals surface area contributed by atoms with Crippen LogP contribution in [0, 0.1) is 5.92 Å². The summed E-state index contributed by atoms with van der Waals surface area (Å²) < 4.78 is 0. The van der Waals surface area contributed by atoms with Gasteiger partial charge in [-0.3, -0.25) is 4.79 Å². The molecule has 2 unspecified atom stereocenters. The van der Waals surface area contributed by atoms with Gasteiger partial charge in [0.2, 0.25) is 0 Å². The molecule has 3 amide bonds. The van der Waals surface area contributed by atoms with Crippen molar-refractivity contribution < 1.29 is 9.59 Å². The van der Waals surface area contributed by atoms with E-state index >= 15 is 0 Å². The van der Waals surface area contributed by atoms with Gasteiger partial charge in [-0.1, -0.05) is 19.4 Å². The fraction of sp³-hybridized carbons (Fsp3) is 0.467. The highest BCUT2D eigenvalue weighted by Gasteiger charge is 2.48. The average Bonchev–Trinajstić information content (AvgIpc) is 2.70. The van der Waals surface area contributed by atoms with Crippen LogP contribution in [-0.4, -0.2) is 29.4 Å². The topological polar surface area (TPSA) is 66.6 Å². The maximum atomic E-state index is 12.5. The molecule has 0 radical (unpaired) electrons. The molecule has 5 heteroatoms. The van der Waals surface area contributed by atoms with Gasteiger partial charge in [0.15, 0.2) is 0 Å². The number of urea groups is 1. The first-order valence-corrected chi connectivity index (χ1v) is 7.12. The van der Waals surface area contributed by atoms with E-state index in [0.29, 0.717) is 23.8 Å². The Morgan fingerprint density at radius 2 is 2.15 bits per heavy atom. The van der Waals surface area contributed by atoms with Gasteiger partial charge in [-0.2, -0.15) is 0 Å². The molecule has 2 aliphatic heterocycles. The van der Waals surface area contributed by atoms with Gasteiger partial charge in [-0.25, -0.2) is 9.69 Å². The van der Waals surface area contributed by atoms with Gasteiger partial charge in [0.05, 0.1) is 5.69 Å². The van der Waals surface area contributed by atoms with Crippen molar-refractivity contribution >= 4 is 23.3 Å². The van der Waals surface area contributed by atoms with Crippen LogP contribution in [-0.2, 0) is 4.79 Å². The molecule has 106 valence electrons. The molecule has 0 aliphatic carbocycles. The number of fused-ring (bicyclic) bond motifs is 1. The zero-order chi connectivity index (χ0) is 14.3. The van der Waals surface area contributed by atoms with Gasteiger partial charge >= 0.3 is 6.03 Å². The molecule has 0 saturated carbocycles. The van der Waals surface area contributed by atoms with E-state index in [1.165, 1.54) is 4.90 Å². The quantitative estimate of drug-likeness (QED) is 0.663. The molecule has 20 heavy (non-hydrogen) atoms. The van der Waals surface area contributed by atoms with Crippen LogP contribution in [0.25, 0.3) is 0 Å². The normalized spacial score (nSPS) is 26.1. The Morgan fingerprint density at radius 3 is 2.85 bits per heavy atom. The summed E-state index contributed by atoms with van der Waals surface area (Å²) in [7, 11) is 0. The molecule has 5 nitrogen and oxygen atoms in total. The van der Waals surface area contributed by atoms with Gasteiger partial charge in [0, 0.05) is 12.2 Å². The van der Waals surface area contributed by atoms with Crippen molar-refractivity contribution in [3.63, 3.8) is 0 Å². The Morgan fingerprint density at radius 1 is 1.35 bits per heavy atom. The summed E-state index contributed by atoms with van der Waals surface area (Å²) in [5.41, 5.74) is 6.87. The molecule has 0 bridgehead atoms. The third-order valence-electron chi connectivity index (χ3n) is 4.36. The molecular weight excluding hydrogens is 254 g/mol. The van der Waals surface area contributed by atoms with Gasteiger partial charge in [0.25, 0.3) is 5.91 Å². The van der Waals surface area contributed by atoms with E-state index in [0.717, 1.165) is 19.3 Å². The molecular formula is C15H19N3O2. The minimum Gasteiger partial charge on any atom is -0.399 e. The number of imide groups is 1.